The SMILES string of the molecule is CC(C)(C)c1ccc(C(=O)N2CC(n3cc(CN4CCCC4=O)nn3)C2)cc1. The van der Waals surface area contributed by atoms with E-state index in [4.69, 9.17) is 0 Å². The Labute approximate surface area is 165 Å². The highest BCUT2D eigenvalue weighted by Crippen LogP contribution is 2.25. The van der Waals surface area contributed by atoms with Gasteiger partial charge < -0.3 is 9.80 Å². The molecule has 0 atom stereocenters. The van der Waals surface area contributed by atoms with Crippen LogP contribution in [0.15, 0.2) is 30.5 Å². The molecule has 148 valence electrons. The number of nitrogens with zero attached hydrogens (tertiary/aromatic N) is 5. The molecule has 0 bridgehead atoms. The lowest BCUT2D eigenvalue weighted by molar-refractivity contribution is -0.128. The van der Waals surface area contributed by atoms with Gasteiger partial charge in [-0.3, -0.25) is 9.59 Å². The Morgan fingerprint density at radius 2 is 1.89 bits per heavy atom. The lowest BCUT2D eigenvalue weighted by Crippen LogP contribution is -2.50. The molecule has 2 fully saturated rings. The molecule has 0 spiro atoms. The Kier molecular flexibility index (Phi) is 4.69. The molecule has 2 aliphatic heterocycles. The van der Waals surface area contributed by atoms with Crippen LogP contribution >= 0.6 is 0 Å². The molecule has 0 radical (unpaired) electrons. The summed E-state index contributed by atoms with van der Waals surface area (Å²) in [6.07, 6.45) is 3.45. The zero-order chi connectivity index (χ0) is 19.9. The zero-order valence-electron chi connectivity index (χ0n) is 16.8. The molecule has 7 nitrogen and oxygen atoms in total. The van der Waals surface area contributed by atoms with Gasteiger partial charge in [0.1, 0.15) is 5.69 Å². The number of carbonyl (C=O) groups is 2. The van der Waals surface area contributed by atoms with Gasteiger partial charge in [-0.15, -0.1) is 5.10 Å². The molecule has 2 aromatic rings. The van der Waals surface area contributed by atoms with Crippen LogP contribution in [0, 0.1) is 0 Å². The molecule has 3 heterocycles. The average molecular weight is 381 g/mol. The van der Waals surface area contributed by atoms with Gasteiger partial charge in [-0.25, -0.2) is 4.68 Å². The van der Waals surface area contributed by atoms with Crippen LogP contribution in [0.4, 0.5) is 0 Å². The second-order valence-corrected chi connectivity index (χ2v) is 8.80. The van der Waals surface area contributed by atoms with E-state index in [2.05, 4.69) is 31.1 Å². The summed E-state index contributed by atoms with van der Waals surface area (Å²) in [5.74, 6) is 0.243. The third kappa shape index (κ3) is 3.66. The van der Waals surface area contributed by atoms with Gasteiger partial charge in [-0.05, 0) is 29.5 Å². The fourth-order valence-corrected chi connectivity index (χ4v) is 3.71. The molecular formula is C21H27N5O2. The molecule has 0 unspecified atom stereocenters. The second kappa shape index (κ2) is 7.04. The van der Waals surface area contributed by atoms with E-state index in [1.165, 1.54) is 5.56 Å². The van der Waals surface area contributed by atoms with Crippen LogP contribution in [0.2, 0.25) is 0 Å². The normalized spacial score (nSPS) is 17.9. The molecule has 0 N–H and O–H groups in total. The smallest absolute Gasteiger partial charge is 0.253 e. The zero-order valence-corrected chi connectivity index (χ0v) is 16.8. The van der Waals surface area contributed by atoms with Crippen molar-refractivity contribution in [1.82, 2.24) is 24.8 Å². The molecular weight excluding hydrogens is 354 g/mol. The Balaban J connectivity index is 1.33. The molecule has 4 rings (SSSR count). The minimum absolute atomic E-state index is 0.0553. The third-order valence-electron chi connectivity index (χ3n) is 5.60. The van der Waals surface area contributed by atoms with Crippen molar-refractivity contribution in [3.05, 3.63) is 47.3 Å². The quantitative estimate of drug-likeness (QED) is 0.815. The monoisotopic (exact) mass is 381 g/mol. The largest absolute Gasteiger partial charge is 0.337 e. The van der Waals surface area contributed by atoms with E-state index in [0.29, 0.717) is 26.1 Å². The van der Waals surface area contributed by atoms with Gasteiger partial charge in [-0.2, -0.15) is 0 Å². The highest BCUT2D eigenvalue weighted by atomic mass is 16.2. The Morgan fingerprint density at radius 3 is 2.50 bits per heavy atom. The summed E-state index contributed by atoms with van der Waals surface area (Å²) in [6.45, 7) is 9.07. The van der Waals surface area contributed by atoms with Gasteiger partial charge in [0, 0.05) is 31.6 Å². The number of likely N-dealkylation sites (tertiary alicyclic amines) is 2. The highest BCUT2D eigenvalue weighted by molar-refractivity contribution is 5.94. The predicted octanol–water partition coefficient (Wildman–Crippen LogP) is 2.40. The Bertz CT molecular complexity index is 875. The van der Waals surface area contributed by atoms with Crippen molar-refractivity contribution in [2.24, 2.45) is 0 Å². The van der Waals surface area contributed by atoms with Gasteiger partial charge in [0.25, 0.3) is 5.91 Å². The van der Waals surface area contributed by atoms with Crippen LogP contribution in [-0.4, -0.2) is 56.2 Å². The predicted molar refractivity (Wildman–Crippen MR) is 105 cm³/mol. The molecule has 2 saturated heterocycles. The lowest BCUT2D eigenvalue weighted by Gasteiger charge is -2.39. The Hall–Kier alpha value is -2.70. The van der Waals surface area contributed by atoms with Gasteiger partial charge in [0.15, 0.2) is 0 Å². The van der Waals surface area contributed by atoms with Crippen molar-refractivity contribution in [2.45, 2.75) is 51.6 Å². The van der Waals surface area contributed by atoms with Crippen LogP contribution in [0.5, 0.6) is 0 Å². The van der Waals surface area contributed by atoms with E-state index in [1.54, 1.807) is 0 Å². The van der Waals surface area contributed by atoms with Crippen LogP contribution in [0.1, 0.15) is 61.3 Å². The third-order valence-corrected chi connectivity index (χ3v) is 5.60. The van der Waals surface area contributed by atoms with Gasteiger partial charge in [0.2, 0.25) is 5.91 Å². The number of benzene rings is 1. The van der Waals surface area contributed by atoms with Crippen molar-refractivity contribution in [2.75, 3.05) is 19.6 Å². The highest BCUT2D eigenvalue weighted by Gasteiger charge is 2.33. The number of rotatable bonds is 4. The maximum absolute atomic E-state index is 12.7. The van der Waals surface area contributed by atoms with Crippen molar-refractivity contribution in [3.63, 3.8) is 0 Å². The molecule has 1 aromatic carbocycles. The average Bonchev–Trinajstić information content (AvgIpc) is 3.23. The fourth-order valence-electron chi connectivity index (χ4n) is 3.71. The number of aromatic nitrogens is 3. The first-order chi connectivity index (χ1) is 13.3. The minimum atomic E-state index is 0.0553. The van der Waals surface area contributed by atoms with E-state index in [9.17, 15) is 9.59 Å². The van der Waals surface area contributed by atoms with E-state index >= 15 is 0 Å². The Morgan fingerprint density at radius 1 is 1.18 bits per heavy atom. The number of hydrogen-bond acceptors (Lipinski definition) is 4. The fraction of sp³-hybridized carbons (Fsp3) is 0.524. The minimum Gasteiger partial charge on any atom is -0.337 e. The first kappa shape index (κ1) is 18.7. The maximum atomic E-state index is 12.7. The van der Waals surface area contributed by atoms with Crippen molar-refractivity contribution in [3.8, 4) is 0 Å². The summed E-state index contributed by atoms with van der Waals surface area (Å²) < 4.78 is 1.82. The molecule has 0 aliphatic carbocycles. The maximum Gasteiger partial charge on any atom is 0.253 e. The van der Waals surface area contributed by atoms with Gasteiger partial charge >= 0.3 is 0 Å². The van der Waals surface area contributed by atoms with Crippen molar-refractivity contribution < 1.29 is 9.59 Å². The number of hydrogen-bond donors (Lipinski definition) is 0. The number of carbonyl (C=O) groups excluding carboxylic acids is 2. The van der Waals surface area contributed by atoms with Crippen LogP contribution in [0.25, 0.3) is 0 Å². The van der Waals surface area contributed by atoms with Gasteiger partial charge in [-0.1, -0.05) is 38.1 Å². The lowest BCUT2D eigenvalue weighted by atomic mass is 9.86. The van der Waals surface area contributed by atoms with E-state index < -0.39 is 0 Å². The van der Waals surface area contributed by atoms with E-state index in [-0.39, 0.29) is 23.3 Å². The standard InChI is InChI=1S/C21H27N5O2/c1-21(2,3)16-8-6-15(7-9-16)20(28)25-13-18(14-25)26-12-17(22-23-26)11-24-10-4-5-19(24)27/h6-9,12,18H,4-5,10-11,13-14H2,1-3H3. The van der Waals surface area contributed by atoms with Crippen LogP contribution < -0.4 is 0 Å². The topological polar surface area (TPSA) is 71.3 Å². The molecule has 2 aliphatic rings. The van der Waals surface area contributed by atoms with E-state index in [0.717, 1.165) is 24.2 Å². The summed E-state index contributed by atoms with van der Waals surface area (Å²) in [5, 5.41) is 8.39. The van der Waals surface area contributed by atoms with Crippen molar-refractivity contribution in [1.29, 1.82) is 0 Å². The van der Waals surface area contributed by atoms with Crippen LogP contribution in [-0.2, 0) is 16.8 Å². The first-order valence-corrected chi connectivity index (χ1v) is 9.89. The first-order valence-electron chi connectivity index (χ1n) is 9.89. The summed E-state index contributed by atoms with van der Waals surface area (Å²) >= 11 is 0. The number of amides is 2. The summed E-state index contributed by atoms with van der Waals surface area (Å²) in [6, 6.07) is 8.04. The van der Waals surface area contributed by atoms with E-state index in [1.807, 2.05) is 44.9 Å². The molecule has 2 amide bonds. The summed E-state index contributed by atoms with van der Waals surface area (Å²) in [7, 11) is 0. The molecule has 28 heavy (non-hydrogen) atoms. The van der Waals surface area contributed by atoms with Gasteiger partial charge in [0.05, 0.1) is 18.8 Å². The molecule has 1 aromatic heterocycles. The van der Waals surface area contributed by atoms with Crippen LogP contribution in [0.3, 0.4) is 0 Å². The van der Waals surface area contributed by atoms with Crippen molar-refractivity contribution >= 4 is 11.8 Å². The summed E-state index contributed by atoms with van der Waals surface area (Å²) in [4.78, 5) is 28.1. The molecule has 7 heteroatoms. The second-order valence-electron chi connectivity index (χ2n) is 8.80. The summed E-state index contributed by atoms with van der Waals surface area (Å²) in [5.41, 5.74) is 2.82. The molecule has 0 saturated carbocycles.